The first-order chi connectivity index (χ1) is 15.5. The van der Waals surface area contributed by atoms with Gasteiger partial charge in [-0.1, -0.05) is 48.5 Å². The fraction of sp³-hybridized carbons (Fsp3) is 0.208. The lowest BCUT2D eigenvalue weighted by Gasteiger charge is -2.17. The molecule has 6 nitrogen and oxygen atoms in total. The Bertz CT molecular complexity index is 1090. The molecule has 0 aliphatic heterocycles. The summed E-state index contributed by atoms with van der Waals surface area (Å²) in [5, 5.41) is 2.45. The second-order valence-electron chi connectivity index (χ2n) is 6.98. The van der Waals surface area contributed by atoms with E-state index in [4.69, 9.17) is 4.74 Å². The molecule has 0 heterocycles. The minimum Gasteiger partial charge on any atom is -0.385 e. The van der Waals surface area contributed by atoms with Crippen molar-refractivity contribution in [3.63, 3.8) is 0 Å². The molecule has 0 saturated heterocycles. The van der Waals surface area contributed by atoms with Crippen molar-refractivity contribution in [1.82, 2.24) is 4.72 Å². The zero-order valence-corrected chi connectivity index (χ0v) is 19.4. The smallest absolute Gasteiger partial charge is 0.242 e. The number of ether oxygens (including phenoxy) is 1. The molecule has 168 valence electrons. The molecule has 1 atom stereocenters. The number of hydrogen-bond acceptors (Lipinski definition) is 5. The number of amides is 1. The van der Waals surface area contributed by atoms with E-state index in [-0.39, 0.29) is 10.8 Å². The standard InChI is InChI=1S/C24H26N2O4S2/c1-30-18-8-17-25-32(28,29)22-15-13-20(14-16-22)26-24(27)23(19-9-4-2-5-10-19)31-21-11-6-3-7-12-21/h2-7,9-16,23,25H,8,17-18H2,1H3,(H,26,27). The number of thioether (sulfide) groups is 1. The summed E-state index contributed by atoms with van der Waals surface area (Å²) in [5.74, 6) is -0.182. The lowest BCUT2D eigenvalue weighted by Crippen LogP contribution is -2.25. The van der Waals surface area contributed by atoms with Crippen molar-refractivity contribution in [2.45, 2.75) is 21.5 Å². The molecule has 3 aromatic carbocycles. The van der Waals surface area contributed by atoms with Gasteiger partial charge in [-0.05, 0) is 48.4 Å². The highest BCUT2D eigenvalue weighted by Crippen LogP contribution is 2.36. The van der Waals surface area contributed by atoms with E-state index in [1.807, 2.05) is 60.7 Å². The molecule has 0 aliphatic rings. The van der Waals surface area contributed by atoms with E-state index in [2.05, 4.69) is 10.0 Å². The Morgan fingerprint density at radius 2 is 1.56 bits per heavy atom. The van der Waals surface area contributed by atoms with E-state index in [9.17, 15) is 13.2 Å². The van der Waals surface area contributed by atoms with E-state index in [0.29, 0.717) is 25.3 Å². The molecule has 0 bridgehead atoms. The highest BCUT2D eigenvalue weighted by Gasteiger charge is 2.22. The van der Waals surface area contributed by atoms with Crippen LogP contribution in [0, 0.1) is 0 Å². The summed E-state index contributed by atoms with van der Waals surface area (Å²) in [7, 11) is -2.04. The van der Waals surface area contributed by atoms with Crippen LogP contribution in [-0.2, 0) is 19.6 Å². The summed E-state index contributed by atoms with van der Waals surface area (Å²) >= 11 is 1.46. The van der Waals surface area contributed by atoms with E-state index < -0.39 is 15.3 Å². The van der Waals surface area contributed by atoms with E-state index >= 15 is 0 Å². The summed E-state index contributed by atoms with van der Waals surface area (Å²) < 4.78 is 32.2. The van der Waals surface area contributed by atoms with Crippen molar-refractivity contribution >= 4 is 33.4 Å². The number of benzene rings is 3. The third kappa shape index (κ3) is 6.93. The molecule has 1 unspecified atom stereocenters. The Labute approximate surface area is 193 Å². The lowest BCUT2D eigenvalue weighted by molar-refractivity contribution is -0.115. The van der Waals surface area contributed by atoms with Gasteiger partial charge in [0, 0.05) is 30.8 Å². The van der Waals surface area contributed by atoms with Crippen molar-refractivity contribution in [2.75, 3.05) is 25.6 Å². The molecule has 0 radical (unpaired) electrons. The maximum Gasteiger partial charge on any atom is 0.242 e. The molecule has 3 rings (SSSR count). The molecule has 0 spiro atoms. The van der Waals surface area contributed by atoms with E-state index in [1.165, 1.54) is 23.9 Å². The maximum absolute atomic E-state index is 13.1. The SMILES string of the molecule is COCCCNS(=O)(=O)c1ccc(NC(=O)C(Sc2ccccc2)c2ccccc2)cc1. The van der Waals surface area contributed by atoms with Crippen molar-refractivity contribution in [1.29, 1.82) is 0 Å². The van der Waals surface area contributed by atoms with Gasteiger partial charge in [-0.3, -0.25) is 4.79 Å². The molecular weight excluding hydrogens is 444 g/mol. The third-order valence-electron chi connectivity index (χ3n) is 4.59. The van der Waals surface area contributed by atoms with Gasteiger partial charge >= 0.3 is 0 Å². The number of hydrogen-bond donors (Lipinski definition) is 2. The normalized spacial score (nSPS) is 12.3. The number of carbonyl (C=O) groups excluding carboxylic acids is 1. The van der Waals surface area contributed by atoms with Gasteiger partial charge in [-0.25, -0.2) is 13.1 Å². The van der Waals surface area contributed by atoms with Gasteiger partial charge in [0.15, 0.2) is 0 Å². The van der Waals surface area contributed by atoms with Crippen LogP contribution in [0.15, 0.2) is 94.7 Å². The highest BCUT2D eigenvalue weighted by molar-refractivity contribution is 8.00. The zero-order valence-electron chi connectivity index (χ0n) is 17.7. The van der Waals surface area contributed by atoms with Crippen LogP contribution in [0.5, 0.6) is 0 Å². The Morgan fingerprint density at radius 1 is 0.938 bits per heavy atom. The van der Waals surface area contributed by atoms with Crippen molar-refractivity contribution in [3.8, 4) is 0 Å². The predicted molar refractivity (Wildman–Crippen MR) is 128 cm³/mol. The van der Waals surface area contributed by atoms with Crippen molar-refractivity contribution < 1.29 is 17.9 Å². The van der Waals surface area contributed by atoms with E-state index in [1.54, 1.807) is 19.2 Å². The van der Waals surface area contributed by atoms with Crippen LogP contribution in [0.25, 0.3) is 0 Å². The number of carbonyl (C=O) groups is 1. The second kappa shape index (κ2) is 11.8. The number of anilines is 1. The highest BCUT2D eigenvalue weighted by atomic mass is 32.2. The van der Waals surface area contributed by atoms with E-state index in [0.717, 1.165) is 10.5 Å². The molecule has 32 heavy (non-hydrogen) atoms. The van der Waals surface area contributed by atoms with Crippen molar-refractivity contribution in [2.24, 2.45) is 0 Å². The van der Waals surface area contributed by atoms with Gasteiger partial charge in [0.05, 0.1) is 4.90 Å². The molecule has 1 amide bonds. The first-order valence-electron chi connectivity index (χ1n) is 10.2. The Hall–Kier alpha value is -2.65. The molecule has 0 fully saturated rings. The number of nitrogens with one attached hydrogen (secondary N) is 2. The van der Waals surface area contributed by atoms with Crippen molar-refractivity contribution in [3.05, 3.63) is 90.5 Å². The first kappa shape index (κ1) is 24.0. The average molecular weight is 471 g/mol. The van der Waals surface area contributed by atoms with Crippen LogP contribution >= 0.6 is 11.8 Å². The summed E-state index contributed by atoms with van der Waals surface area (Å²) in [6.07, 6.45) is 0.587. The van der Waals surface area contributed by atoms with Crippen LogP contribution in [-0.4, -0.2) is 34.6 Å². The Kier molecular flexibility index (Phi) is 8.87. The average Bonchev–Trinajstić information content (AvgIpc) is 2.82. The minimum atomic E-state index is -3.61. The first-order valence-corrected chi connectivity index (χ1v) is 12.5. The van der Waals surface area contributed by atoms with Crippen LogP contribution in [0.4, 0.5) is 5.69 Å². The van der Waals surface area contributed by atoms with Gasteiger partial charge in [-0.2, -0.15) is 0 Å². The van der Waals surface area contributed by atoms with Crippen LogP contribution in [0.3, 0.4) is 0 Å². The lowest BCUT2D eigenvalue weighted by atomic mass is 10.1. The quantitative estimate of drug-likeness (QED) is 0.319. The number of methoxy groups -OCH3 is 1. The Balaban J connectivity index is 1.71. The molecule has 2 N–H and O–H groups in total. The molecule has 3 aromatic rings. The van der Waals surface area contributed by atoms with Gasteiger partial charge in [0.2, 0.25) is 15.9 Å². The van der Waals surface area contributed by atoms with Gasteiger partial charge in [-0.15, -0.1) is 11.8 Å². The maximum atomic E-state index is 13.1. The fourth-order valence-electron chi connectivity index (χ4n) is 2.97. The molecule has 0 aliphatic carbocycles. The predicted octanol–water partition coefficient (Wildman–Crippen LogP) is 4.47. The summed E-state index contributed by atoms with van der Waals surface area (Å²) in [5.41, 5.74) is 1.42. The molecule has 0 saturated carbocycles. The summed E-state index contributed by atoms with van der Waals surface area (Å²) in [4.78, 5) is 14.3. The Morgan fingerprint density at radius 3 is 2.19 bits per heavy atom. The van der Waals surface area contributed by atoms with Crippen LogP contribution in [0.1, 0.15) is 17.2 Å². The second-order valence-corrected chi connectivity index (χ2v) is 9.92. The number of rotatable bonds is 11. The molecule has 8 heteroatoms. The summed E-state index contributed by atoms with van der Waals surface area (Å²) in [6.45, 7) is 0.779. The van der Waals surface area contributed by atoms with Gasteiger partial charge in [0.25, 0.3) is 0 Å². The fourth-order valence-corrected chi connectivity index (χ4v) is 5.09. The zero-order chi connectivity index (χ0) is 22.8. The molecular formula is C24H26N2O4S2. The van der Waals surface area contributed by atoms with Crippen LogP contribution in [0.2, 0.25) is 0 Å². The number of sulfonamides is 1. The topological polar surface area (TPSA) is 84.5 Å². The third-order valence-corrected chi connectivity index (χ3v) is 7.33. The molecule has 0 aromatic heterocycles. The monoisotopic (exact) mass is 470 g/mol. The van der Waals surface area contributed by atoms with Crippen LogP contribution < -0.4 is 10.0 Å². The van der Waals surface area contributed by atoms with Gasteiger partial charge < -0.3 is 10.1 Å². The largest absolute Gasteiger partial charge is 0.385 e. The summed E-state index contributed by atoms with van der Waals surface area (Å²) in [6, 6.07) is 25.4. The minimum absolute atomic E-state index is 0.145. The van der Waals surface area contributed by atoms with Gasteiger partial charge in [0.1, 0.15) is 5.25 Å².